The van der Waals surface area contributed by atoms with Gasteiger partial charge in [0.05, 0.1) is 45.6 Å². The Hall–Kier alpha value is -5.04. The lowest BCUT2D eigenvalue weighted by Crippen LogP contribution is -2.10. The molecule has 5 aromatic rings. The lowest BCUT2D eigenvalue weighted by Gasteiger charge is -2.12. The van der Waals surface area contributed by atoms with Crippen LogP contribution in [0.1, 0.15) is 0 Å². The van der Waals surface area contributed by atoms with Gasteiger partial charge in [0.2, 0.25) is 5.95 Å². The maximum absolute atomic E-state index is 13.6. The van der Waals surface area contributed by atoms with Crippen LogP contribution in [0.25, 0.3) is 10.8 Å². The number of nitrogens with two attached hydrogens (primary N) is 1. The molecule has 5 rings (SSSR count). The largest absolute Gasteiger partial charge is 0.505 e. The maximum Gasteiger partial charge on any atom is 0.313 e. The molecule has 0 aliphatic rings. The van der Waals surface area contributed by atoms with E-state index in [-0.39, 0.29) is 73.7 Å². The second-order valence-electron chi connectivity index (χ2n) is 10.3. The molecular formula is C28H22F2N8O13S4. The van der Waals surface area contributed by atoms with Gasteiger partial charge in [0.25, 0.3) is 10.1 Å². The molecule has 1 heterocycles. The molecule has 0 aliphatic heterocycles. The number of phenols is 1. The first kappa shape index (κ1) is 41.1. The van der Waals surface area contributed by atoms with Crippen LogP contribution in [0.2, 0.25) is 0 Å². The van der Waals surface area contributed by atoms with Crippen LogP contribution in [0.3, 0.4) is 0 Å². The number of halogens is 2. The number of fused-ring (bicyclic) bond motifs is 1. The molecule has 0 fully saturated rings. The predicted molar refractivity (Wildman–Crippen MR) is 187 cm³/mol. The van der Waals surface area contributed by atoms with Crippen molar-refractivity contribution in [3.8, 4) is 5.75 Å². The zero-order chi connectivity index (χ0) is 39.8. The predicted octanol–water partition coefficient (Wildman–Crippen LogP) is 7.22. The molecule has 0 amide bonds. The highest BCUT2D eigenvalue weighted by Crippen LogP contribution is 2.48. The molecule has 1 aromatic heterocycles. The Balaban J connectivity index is 1.49. The normalized spacial score (nSPS) is 12.3. The number of nitrogens with one attached hydrogen (secondary N) is 1. The van der Waals surface area contributed by atoms with E-state index in [9.17, 15) is 35.3 Å². The Kier molecular flexibility index (Phi) is 13.5. The third-order valence-corrected chi connectivity index (χ3v) is 10.4. The van der Waals surface area contributed by atoms with E-state index < -0.39 is 54.1 Å². The van der Waals surface area contributed by atoms with Crippen molar-refractivity contribution in [1.82, 2.24) is 9.97 Å². The highest BCUT2D eigenvalue weighted by molar-refractivity contribution is 7.94. The molecule has 290 valence electrons. The third kappa shape index (κ3) is 10.6. The molecule has 27 heteroatoms. The molecule has 0 bridgehead atoms. The number of benzene rings is 4. The quantitative estimate of drug-likeness (QED) is 0.00619. The second kappa shape index (κ2) is 18.1. The number of hydrogen-bond donors (Lipinski definition) is 6. The summed E-state index contributed by atoms with van der Waals surface area (Å²) < 4.78 is 99.8. The standard InChI is InChI=1S/C28H22F2N8O13S4/c29-23-13-24(34-28(30)33-23)32-15-3-8-22(55(44,45)46)20(11-15)36-38-26-21(52-50-48-40)12-18-17(27(26)39)6-7-19(31)25(18)37-35-14-1-4-16(5-2-14)54(42,43)10-9-47-53-51-49-41/h1-8,11-13,39-41H,9-10,31H2,(H,32,33,34)(H,44,45,46)/b37-35+,38-36+. The number of azo groups is 2. The first-order valence-corrected chi connectivity index (χ1v) is 18.9. The molecule has 0 radical (unpaired) electrons. The number of rotatable bonds is 17. The van der Waals surface area contributed by atoms with E-state index in [4.69, 9.17) is 20.4 Å². The van der Waals surface area contributed by atoms with Gasteiger partial charge < -0.3 is 16.2 Å². The van der Waals surface area contributed by atoms with Gasteiger partial charge in [0.1, 0.15) is 27.8 Å². The Labute approximate surface area is 315 Å². The molecule has 0 saturated carbocycles. The van der Waals surface area contributed by atoms with E-state index in [1.807, 2.05) is 0 Å². The van der Waals surface area contributed by atoms with Crippen molar-refractivity contribution in [2.24, 2.45) is 20.5 Å². The molecule has 0 unspecified atom stereocenters. The second-order valence-corrected chi connectivity index (χ2v) is 15.0. The van der Waals surface area contributed by atoms with Gasteiger partial charge in [0, 0.05) is 22.5 Å². The topological polar surface area (TPSA) is 309 Å². The van der Waals surface area contributed by atoms with Gasteiger partial charge >= 0.3 is 6.08 Å². The highest BCUT2D eigenvalue weighted by atomic mass is 32.2. The van der Waals surface area contributed by atoms with Crippen molar-refractivity contribution < 1.29 is 68.7 Å². The minimum absolute atomic E-state index is 0.00788. The molecule has 0 saturated heterocycles. The van der Waals surface area contributed by atoms with E-state index in [1.165, 1.54) is 42.5 Å². The molecule has 0 aliphatic carbocycles. The summed E-state index contributed by atoms with van der Waals surface area (Å²) in [5.41, 5.74) is 5.55. The summed E-state index contributed by atoms with van der Waals surface area (Å²) in [5.74, 6) is -2.58. The van der Waals surface area contributed by atoms with E-state index in [1.54, 1.807) is 0 Å². The lowest BCUT2D eigenvalue weighted by atomic mass is 10.1. The molecule has 55 heavy (non-hydrogen) atoms. The molecule has 0 atom stereocenters. The average molecular weight is 845 g/mol. The number of phenolic OH excluding ortho intramolecular Hbond substituents is 1. The van der Waals surface area contributed by atoms with Gasteiger partial charge in [0.15, 0.2) is 27.9 Å². The van der Waals surface area contributed by atoms with Crippen LogP contribution < -0.4 is 11.1 Å². The Morgan fingerprint density at radius 3 is 2.25 bits per heavy atom. The lowest BCUT2D eigenvalue weighted by molar-refractivity contribution is -0.434. The van der Waals surface area contributed by atoms with Crippen LogP contribution in [0.15, 0.2) is 102 Å². The molecular weight excluding hydrogens is 823 g/mol. The summed E-state index contributed by atoms with van der Waals surface area (Å²) in [5, 5.41) is 54.1. The number of hydrogen-bond acceptors (Lipinski definition) is 22. The smallest absolute Gasteiger partial charge is 0.313 e. The minimum Gasteiger partial charge on any atom is -0.505 e. The summed E-state index contributed by atoms with van der Waals surface area (Å²) >= 11 is 0.546. The fourth-order valence-corrected chi connectivity index (χ4v) is 7.00. The van der Waals surface area contributed by atoms with Crippen LogP contribution >= 0.6 is 24.4 Å². The van der Waals surface area contributed by atoms with E-state index in [0.717, 1.165) is 24.3 Å². The van der Waals surface area contributed by atoms with Crippen LogP contribution in [0.5, 0.6) is 5.75 Å². The SMILES string of the molecule is Nc1ccc2c(O)c(/N=N/c3cc(Nc4cc(F)nc(F)n4)ccc3S(=O)(=O)O)c(SOOO)cc2c1/N=N/c1ccc(S(=O)(=O)CCOSOOO)cc1. The van der Waals surface area contributed by atoms with Crippen molar-refractivity contribution in [1.29, 1.82) is 0 Å². The van der Waals surface area contributed by atoms with Gasteiger partial charge in [-0.25, -0.2) is 18.9 Å². The van der Waals surface area contributed by atoms with Crippen molar-refractivity contribution in [3.05, 3.63) is 78.8 Å². The summed E-state index contributed by atoms with van der Waals surface area (Å²) in [4.78, 5) is 5.33. The van der Waals surface area contributed by atoms with Gasteiger partial charge in [-0.05, 0) is 60.7 Å². The van der Waals surface area contributed by atoms with E-state index >= 15 is 0 Å². The van der Waals surface area contributed by atoms with Crippen molar-refractivity contribution >= 4 is 95.0 Å². The van der Waals surface area contributed by atoms with Crippen molar-refractivity contribution in [3.63, 3.8) is 0 Å². The Morgan fingerprint density at radius 2 is 1.56 bits per heavy atom. The minimum atomic E-state index is -4.93. The van der Waals surface area contributed by atoms with Crippen LogP contribution in [-0.4, -0.2) is 59.3 Å². The van der Waals surface area contributed by atoms with Gasteiger partial charge in [-0.2, -0.15) is 32.3 Å². The van der Waals surface area contributed by atoms with Gasteiger partial charge in [-0.15, -0.1) is 24.0 Å². The zero-order valence-corrected chi connectivity index (χ0v) is 30.1. The fraction of sp³-hybridized carbons (Fsp3) is 0.0714. The number of aromatic nitrogens is 2. The molecule has 7 N–H and O–H groups in total. The monoisotopic (exact) mass is 844 g/mol. The summed E-state index contributed by atoms with van der Waals surface area (Å²) in [6, 6.07) is 13.2. The van der Waals surface area contributed by atoms with Crippen molar-refractivity contribution in [2.75, 3.05) is 23.4 Å². The summed E-state index contributed by atoms with van der Waals surface area (Å²) in [7, 11) is -8.72. The molecule has 0 spiro atoms. The highest BCUT2D eigenvalue weighted by Gasteiger charge is 2.21. The van der Waals surface area contributed by atoms with Gasteiger partial charge in [-0.1, -0.05) is 10.1 Å². The summed E-state index contributed by atoms with van der Waals surface area (Å²) in [6.45, 7) is -0.294. The molecule has 4 aromatic carbocycles. The summed E-state index contributed by atoms with van der Waals surface area (Å²) in [6.07, 6.45) is -1.39. The number of anilines is 3. The van der Waals surface area contributed by atoms with Crippen molar-refractivity contribution in [2.45, 2.75) is 14.7 Å². The average Bonchev–Trinajstić information content (AvgIpc) is 3.12. The van der Waals surface area contributed by atoms with Crippen LogP contribution in [0.4, 0.5) is 48.7 Å². The maximum atomic E-state index is 13.6. The van der Waals surface area contributed by atoms with Gasteiger partial charge in [-0.3, -0.25) is 8.74 Å². The Morgan fingerprint density at radius 1 is 0.836 bits per heavy atom. The van der Waals surface area contributed by atoms with E-state index in [0.29, 0.717) is 12.0 Å². The van der Waals surface area contributed by atoms with Crippen LogP contribution in [0, 0.1) is 12.0 Å². The first-order chi connectivity index (χ1) is 26.2. The van der Waals surface area contributed by atoms with Crippen LogP contribution in [-0.2, 0) is 42.9 Å². The molecule has 21 nitrogen and oxygen atoms in total. The fourth-order valence-electron chi connectivity index (χ4n) is 4.50. The number of nitrogens with zero attached hydrogens (tertiary/aromatic N) is 6. The zero-order valence-electron chi connectivity index (χ0n) is 26.9. The number of aromatic hydroxyl groups is 1. The Bertz CT molecular complexity index is 2460. The van der Waals surface area contributed by atoms with E-state index in [2.05, 4.69) is 54.5 Å². The number of sulfone groups is 1. The number of nitrogen functional groups attached to an aromatic ring is 1. The third-order valence-electron chi connectivity index (χ3n) is 6.83. The first-order valence-electron chi connectivity index (χ1n) is 14.4.